The molecular formula is C12H31NO5Si2. The fraction of sp³-hybridized carbons (Fsp3) is 1.00. The van der Waals surface area contributed by atoms with Crippen molar-refractivity contribution < 1.29 is 22.1 Å². The average Bonchev–Trinajstić information content (AvgIpc) is 2.47. The molecule has 0 saturated carbocycles. The van der Waals surface area contributed by atoms with Crippen LogP contribution in [0.15, 0.2) is 0 Å². The van der Waals surface area contributed by atoms with Crippen LogP contribution in [0.2, 0.25) is 18.1 Å². The molecule has 0 aromatic carbocycles. The Kier molecular flexibility index (Phi) is 10.1. The van der Waals surface area contributed by atoms with Gasteiger partial charge in [-0.3, -0.25) is 0 Å². The minimum absolute atomic E-state index is 0.715. The van der Waals surface area contributed by atoms with Crippen LogP contribution in [0, 0.1) is 0 Å². The van der Waals surface area contributed by atoms with Gasteiger partial charge in [0.05, 0.1) is 0 Å². The molecule has 0 N–H and O–H groups in total. The van der Waals surface area contributed by atoms with Gasteiger partial charge in [-0.1, -0.05) is 0 Å². The second-order valence-corrected chi connectivity index (χ2v) is 11.7. The third kappa shape index (κ3) is 6.31. The Morgan fingerprint density at radius 3 is 1.55 bits per heavy atom. The van der Waals surface area contributed by atoms with E-state index in [-0.39, 0.29) is 0 Å². The summed E-state index contributed by atoms with van der Waals surface area (Å²) in [6.45, 7) is 1.03. The van der Waals surface area contributed by atoms with Gasteiger partial charge >= 0.3 is 17.4 Å². The molecule has 6 nitrogen and oxygen atoms in total. The van der Waals surface area contributed by atoms with Crippen molar-refractivity contribution in [3.8, 4) is 0 Å². The Bertz CT molecular complexity index is 240. The first-order chi connectivity index (χ1) is 9.43. The van der Waals surface area contributed by atoms with E-state index in [1.165, 1.54) is 0 Å². The summed E-state index contributed by atoms with van der Waals surface area (Å²) >= 11 is 0. The van der Waals surface area contributed by atoms with Gasteiger partial charge < -0.3 is 27.0 Å². The van der Waals surface area contributed by atoms with Crippen molar-refractivity contribution in [3.63, 3.8) is 0 Å². The summed E-state index contributed by atoms with van der Waals surface area (Å²) in [5.74, 6) is 0. The summed E-state index contributed by atoms with van der Waals surface area (Å²) in [5, 5.41) is 0. The van der Waals surface area contributed by atoms with E-state index in [0.29, 0.717) is 6.04 Å². The summed E-state index contributed by atoms with van der Waals surface area (Å²) < 4.78 is 27.9. The summed E-state index contributed by atoms with van der Waals surface area (Å²) in [4.78, 5) is 2.17. The molecule has 20 heavy (non-hydrogen) atoms. The zero-order valence-corrected chi connectivity index (χ0v) is 16.0. The molecule has 0 amide bonds. The molecule has 0 atom stereocenters. The highest BCUT2D eigenvalue weighted by Crippen LogP contribution is 2.26. The highest BCUT2D eigenvalue weighted by atomic mass is 28.4. The van der Waals surface area contributed by atoms with Gasteiger partial charge in [0.2, 0.25) is 0 Å². The van der Waals surface area contributed by atoms with Crippen LogP contribution in [0.3, 0.4) is 0 Å². The lowest BCUT2D eigenvalue weighted by Crippen LogP contribution is -2.47. The van der Waals surface area contributed by atoms with Crippen LogP contribution in [0.4, 0.5) is 0 Å². The smallest absolute Gasteiger partial charge is 0.398 e. The summed E-state index contributed by atoms with van der Waals surface area (Å²) in [6, 6.07) is 2.49. The summed E-state index contributed by atoms with van der Waals surface area (Å²) in [5.41, 5.74) is 0. The molecule has 0 aromatic rings. The largest absolute Gasteiger partial charge is 0.500 e. The fourth-order valence-electron chi connectivity index (χ4n) is 2.18. The van der Waals surface area contributed by atoms with Gasteiger partial charge in [-0.2, -0.15) is 0 Å². The molecule has 0 rings (SSSR count). The summed E-state index contributed by atoms with van der Waals surface area (Å²) in [7, 11) is 7.76. The van der Waals surface area contributed by atoms with Crippen LogP contribution in [0.5, 0.6) is 0 Å². The van der Waals surface area contributed by atoms with E-state index >= 15 is 0 Å². The predicted octanol–water partition coefficient (Wildman–Crippen LogP) is 1.55. The van der Waals surface area contributed by atoms with E-state index in [1.54, 1.807) is 35.5 Å². The maximum absolute atomic E-state index is 5.75. The van der Waals surface area contributed by atoms with Crippen LogP contribution < -0.4 is 0 Å². The van der Waals surface area contributed by atoms with Gasteiger partial charge in [0.1, 0.15) is 0 Å². The lowest BCUT2D eigenvalue weighted by atomic mass is 10.5. The zero-order valence-electron chi connectivity index (χ0n) is 14.0. The minimum atomic E-state index is -2.56. The molecule has 0 aromatic heterocycles. The monoisotopic (exact) mass is 325 g/mol. The topological polar surface area (TPSA) is 49.4 Å². The molecule has 0 unspecified atom stereocenters. The van der Waals surface area contributed by atoms with Crippen molar-refractivity contribution in [1.82, 2.24) is 4.90 Å². The number of hydrogen-bond donors (Lipinski definition) is 0. The Morgan fingerprint density at radius 1 is 0.700 bits per heavy atom. The number of hydrogen-bond acceptors (Lipinski definition) is 6. The molecular weight excluding hydrogens is 294 g/mol. The first-order valence-electron chi connectivity index (χ1n) is 6.83. The van der Waals surface area contributed by atoms with Crippen molar-refractivity contribution in [1.29, 1.82) is 0 Å². The van der Waals surface area contributed by atoms with E-state index in [2.05, 4.69) is 19.0 Å². The molecule has 0 aliphatic rings. The van der Waals surface area contributed by atoms with Crippen molar-refractivity contribution in [2.24, 2.45) is 0 Å². The van der Waals surface area contributed by atoms with Crippen LogP contribution in [0.25, 0.3) is 0 Å². The number of nitrogens with zero attached hydrogens (tertiary/aromatic N) is 1. The van der Waals surface area contributed by atoms with Gasteiger partial charge in [0.15, 0.2) is 0 Å². The van der Waals surface area contributed by atoms with E-state index in [0.717, 1.165) is 25.1 Å². The van der Waals surface area contributed by atoms with Gasteiger partial charge in [-0.05, 0) is 39.1 Å². The standard InChI is InChI=1S/C12H31NO5Si2/c1-13(2)9-8-10-19(14-3,15-4)11-12-20(16-5,17-6)18-7/h8-12H2,1-7H3. The molecule has 0 bridgehead atoms. The number of rotatable bonds is 12. The van der Waals surface area contributed by atoms with Gasteiger partial charge in [-0.15, -0.1) is 0 Å². The molecule has 0 aliphatic carbocycles. The maximum Gasteiger partial charge on any atom is 0.500 e. The van der Waals surface area contributed by atoms with Gasteiger partial charge in [-0.25, -0.2) is 0 Å². The van der Waals surface area contributed by atoms with E-state index in [9.17, 15) is 0 Å². The van der Waals surface area contributed by atoms with Crippen molar-refractivity contribution >= 4 is 17.4 Å². The van der Waals surface area contributed by atoms with Gasteiger partial charge in [0, 0.05) is 41.6 Å². The van der Waals surface area contributed by atoms with E-state index in [4.69, 9.17) is 22.1 Å². The normalized spacial score (nSPS) is 13.2. The first kappa shape index (κ1) is 20.2. The molecule has 0 spiro atoms. The molecule has 0 heterocycles. The van der Waals surface area contributed by atoms with Gasteiger partial charge in [0.25, 0.3) is 0 Å². The summed E-state index contributed by atoms with van der Waals surface area (Å²) in [6.07, 6.45) is 1.06. The average molecular weight is 326 g/mol. The van der Waals surface area contributed by atoms with Crippen LogP contribution in [-0.4, -0.2) is 78.5 Å². The Labute approximate surface area is 125 Å². The molecule has 0 radical (unpaired) electrons. The molecule has 0 saturated heterocycles. The molecule has 0 aliphatic heterocycles. The molecule has 122 valence electrons. The SMILES string of the molecule is CO[Si](CCCN(C)C)(CC[Si](OC)(OC)OC)OC. The van der Waals surface area contributed by atoms with Crippen molar-refractivity contribution in [3.05, 3.63) is 0 Å². The maximum atomic E-state index is 5.75. The van der Waals surface area contributed by atoms with Crippen LogP contribution in [0.1, 0.15) is 6.42 Å². The van der Waals surface area contributed by atoms with Crippen molar-refractivity contribution in [2.45, 2.75) is 24.6 Å². The third-order valence-electron chi connectivity index (χ3n) is 3.65. The zero-order chi connectivity index (χ0) is 15.6. The second-order valence-electron chi connectivity index (χ2n) is 5.02. The lowest BCUT2D eigenvalue weighted by Gasteiger charge is -2.31. The molecule has 0 fully saturated rings. The van der Waals surface area contributed by atoms with Crippen LogP contribution >= 0.6 is 0 Å². The quantitative estimate of drug-likeness (QED) is 0.508. The Morgan fingerprint density at radius 2 is 1.20 bits per heavy atom. The van der Waals surface area contributed by atoms with E-state index in [1.807, 2.05) is 0 Å². The van der Waals surface area contributed by atoms with Crippen LogP contribution in [-0.2, 0) is 22.1 Å². The Hall–Kier alpha value is 0.194. The predicted molar refractivity (Wildman–Crippen MR) is 84.1 cm³/mol. The second kappa shape index (κ2) is 10.0. The van der Waals surface area contributed by atoms with E-state index < -0.39 is 17.4 Å². The minimum Gasteiger partial charge on any atom is -0.398 e. The fourth-order valence-corrected chi connectivity index (χ4v) is 7.97. The first-order valence-corrected chi connectivity index (χ1v) is 11.0. The molecule has 8 heteroatoms. The highest BCUT2D eigenvalue weighted by molar-refractivity contribution is 6.70. The van der Waals surface area contributed by atoms with Crippen molar-refractivity contribution in [2.75, 3.05) is 56.2 Å². The third-order valence-corrected chi connectivity index (χ3v) is 10.5. The Balaban J connectivity index is 4.58. The lowest BCUT2D eigenvalue weighted by molar-refractivity contribution is 0.123. The highest BCUT2D eigenvalue weighted by Gasteiger charge is 2.44.